The second kappa shape index (κ2) is 7.67. The number of alkyl halides is 3. The van der Waals surface area contributed by atoms with Crippen LogP contribution in [0.4, 0.5) is 18.9 Å². The van der Waals surface area contributed by atoms with Crippen molar-refractivity contribution in [1.29, 1.82) is 0 Å². The van der Waals surface area contributed by atoms with Gasteiger partial charge >= 0.3 is 6.18 Å². The van der Waals surface area contributed by atoms with Crippen molar-refractivity contribution in [3.8, 4) is 0 Å². The molecule has 1 N–H and O–H groups in total. The molecule has 2 heterocycles. The number of piperidine rings is 1. The van der Waals surface area contributed by atoms with Crippen LogP contribution in [0.5, 0.6) is 0 Å². The van der Waals surface area contributed by atoms with Gasteiger partial charge in [0.1, 0.15) is 5.60 Å². The Labute approximate surface area is 172 Å². The number of halogens is 3. The van der Waals surface area contributed by atoms with E-state index in [-0.39, 0.29) is 0 Å². The van der Waals surface area contributed by atoms with Gasteiger partial charge < -0.3 is 15.1 Å². The minimum atomic E-state index is -4.34. The molecular formula is C21H20F3N3OS. The molecule has 0 atom stereocenters. The fourth-order valence-electron chi connectivity index (χ4n) is 3.64. The second-order valence-electron chi connectivity index (χ2n) is 7.35. The zero-order chi connectivity index (χ0) is 20.5. The highest BCUT2D eigenvalue weighted by atomic mass is 32.1. The van der Waals surface area contributed by atoms with Crippen LogP contribution in [-0.2, 0) is 11.0 Å². The van der Waals surface area contributed by atoms with Crippen LogP contribution in [0.15, 0.2) is 59.8 Å². The van der Waals surface area contributed by atoms with Gasteiger partial charge in [0.15, 0.2) is 5.11 Å². The van der Waals surface area contributed by atoms with Crippen LogP contribution in [0.1, 0.15) is 30.4 Å². The molecular weight excluding hydrogens is 399 g/mol. The van der Waals surface area contributed by atoms with Crippen molar-refractivity contribution >= 4 is 28.7 Å². The van der Waals surface area contributed by atoms with E-state index < -0.39 is 17.3 Å². The highest BCUT2D eigenvalue weighted by molar-refractivity contribution is 7.80. The molecule has 2 aromatic rings. The second-order valence-corrected chi connectivity index (χ2v) is 7.73. The Hall–Kier alpha value is -2.61. The number of hydrogen-bond acceptors (Lipinski definition) is 3. The van der Waals surface area contributed by atoms with Crippen molar-refractivity contribution in [3.05, 3.63) is 65.7 Å². The number of benzene rings is 2. The van der Waals surface area contributed by atoms with E-state index in [1.165, 1.54) is 12.1 Å². The molecule has 0 bridgehead atoms. The zero-order valence-electron chi connectivity index (χ0n) is 15.6. The molecule has 1 spiro atoms. The summed E-state index contributed by atoms with van der Waals surface area (Å²) in [4.78, 5) is 7.87. The van der Waals surface area contributed by atoms with Crippen molar-refractivity contribution in [2.75, 3.05) is 18.4 Å². The largest absolute Gasteiger partial charge is 0.416 e. The van der Waals surface area contributed by atoms with E-state index in [9.17, 15) is 13.2 Å². The van der Waals surface area contributed by atoms with Crippen LogP contribution >= 0.6 is 12.2 Å². The lowest BCUT2D eigenvalue weighted by molar-refractivity contribution is -0.137. The summed E-state index contributed by atoms with van der Waals surface area (Å²) < 4.78 is 38.2. The Balaban J connectivity index is 1.34. The van der Waals surface area contributed by atoms with Gasteiger partial charge in [-0.2, -0.15) is 13.2 Å². The lowest BCUT2D eigenvalue weighted by Gasteiger charge is -2.38. The first-order chi connectivity index (χ1) is 13.8. The lowest BCUT2D eigenvalue weighted by atomic mass is 9.85. The Morgan fingerprint density at radius 1 is 1.03 bits per heavy atom. The standard InChI is InChI=1S/C21H20F3N3OS/c22-21(23,24)16-8-6-15(7-9-16)18-14-20(28-26-18)10-12-27(13-11-20)19(29)25-17-4-2-1-3-5-17/h1-9H,10-14H2,(H,25,29). The van der Waals surface area contributed by atoms with Crippen molar-refractivity contribution in [1.82, 2.24) is 4.90 Å². The van der Waals surface area contributed by atoms with Gasteiger partial charge in [-0.15, -0.1) is 0 Å². The van der Waals surface area contributed by atoms with E-state index >= 15 is 0 Å². The van der Waals surface area contributed by atoms with Crippen LogP contribution in [0.3, 0.4) is 0 Å². The van der Waals surface area contributed by atoms with E-state index in [1.54, 1.807) is 0 Å². The molecule has 2 aromatic carbocycles. The predicted molar refractivity (Wildman–Crippen MR) is 110 cm³/mol. The summed E-state index contributed by atoms with van der Waals surface area (Å²) in [6, 6.07) is 14.8. The minimum Gasteiger partial charge on any atom is -0.388 e. The molecule has 0 aromatic heterocycles. The van der Waals surface area contributed by atoms with E-state index in [4.69, 9.17) is 17.1 Å². The van der Waals surface area contributed by atoms with Gasteiger partial charge in [-0.1, -0.05) is 35.5 Å². The number of anilines is 1. The molecule has 29 heavy (non-hydrogen) atoms. The van der Waals surface area contributed by atoms with Crippen LogP contribution in [0, 0.1) is 0 Å². The highest BCUT2D eigenvalue weighted by Gasteiger charge is 2.43. The Bertz CT molecular complexity index is 905. The summed E-state index contributed by atoms with van der Waals surface area (Å²) in [5.41, 5.74) is 1.23. The maximum atomic E-state index is 12.7. The van der Waals surface area contributed by atoms with Gasteiger partial charge in [0.05, 0.1) is 11.3 Å². The molecule has 4 rings (SSSR count). The summed E-state index contributed by atoms with van der Waals surface area (Å²) in [5.74, 6) is 0. The van der Waals surface area contributed by atoms with Gasteiger partial charge in [-0.05, 0) is 42.0 Å². The van der Waals surface area contributed by atoms with E-state index in [1.807, 2.05) is 30.3 Å². The van der Waals surface area contributed by atoms with Crippen molar-refractivity contribution in [3.63, 3.8) is 0 Å². The maximum absolute atomic E-state index is 12.7. The molecule has 152 valence electrons. The quantitative estimate of drug-likeness (QED) is 0.691. The van der Waals surface area contributed by atoms with Crippen molar-refractivity contribution < 1.29 is 18.0 Å². The summed E-state index contributed by atoms with van der Waals surface area (Å²) in [6.07, 6.45) is -2.26. The lowest BCUT2D eigenvalue weighted by Crippen LogP contribution is -2.48. The number of nitrogens with zero attached hydrogens (tertiary/aromatic N) is 2. The van der Waals surface area contributed by atoms with E-state index in [0.717, 1.165) is 43.8 Å². The monoisotopic (exact) mass is 419 g/mol. The summed E-state index contributed by atoms with van der Waals surface area (Å²) >= 11 is 5.51. The van der Waals surface area contributed by atoms with Crippen LogP contribution < -0.4 is 5.32 Å². The third kappa shape index (κ3) is 4.37. The van der Waals surface area contributed by atoms with Gasteiger partial charge in [0.2, 0.25) is 0 Å². The molecule has 0 saturated carbocycles. The summed E-state index contributed by atoms with van der Waals surface area (Å²) in [7, 11) is 0. The third-order valence-electron chi connectivity index (χ3n) is 5.37. The number of nitrogens with one attached hydrogen (secondary N) is 1. The fraction of sp³-hybridized carbons (Fsp3) is 0.333. The topological polar surface area (TPSA) is 36.9 Å². The number of hydrogen-bond donors (Lipinski definition) is 1. The highest BCUT2D eigenvalue weighted by Crippen LogP contribution is 2.37. The Morgan fingerprint density at radius 2 is 1.69 bits per heavy atom. The van der Waals surface area contributed by atoms with Gasteiger partial charge in [0, 0.05) is 38.0 Å². The Kier molecular flexibility index (Phi) is 5.21. The van der Waals surface area contributed by atoms with Gasteiger partial charge in [-0.25, -0.2) is 0 Å². The third-order valence-corrected chi connectivity index (χ3v) is 5.73. The first kappa shape index (κ1) is 19.7. The van der Waals surface area contributed by atoms with Crippen LogP contribution in [-0.4, -0.2) is 34.4 Å². The number of rotatable bonds is 2. The molecule has 1 saturated heterocycles. The SMILES string of the molecule is FC(F)(F)c1ccc(C2=NOC3(CCN(C(=S)Nc4ccccc4)CC3)C2)cc1. The number of likely N-dealkylation sites (tertiary alicyclic amines) is 1. The van der Waals surface area contributed by atoms with Crippen LogP contribution in [0.2, 0.25) is 0 Å². The number of oxime groups is 1. The Morgan fingerprint density at radius 3 is 2.31 bits per heavy atom. The average molecular weight is 419 g/mol. The minimum absolute atomic E-state index is 0.406. The molecule has 8 heteroatoms. The molecule has 2 aliphatic rings. The van der Waals surface area contributed by atoms with Crippen molar-refractivity contribution in [2.24, 2.45) is 5.16 Å². The molecule has 2 aliphatic heterocycles. The molecule has 0 aliphatic carbocycles. The average Bonchev–Trinajstić information content (AvgIpc) is 3.12. The molecule has 0 radical (unpaired) electrons. The van der Waals surface area contributed by atoms with E-state index in [2.05, 4.69) is 15.4 Å². The predicted octanol–water partition coefficient (Wildman–Crippen LogP) is 5.06. The zero-order valence-corrected chi connectivity index (χ0v) is 16.4. The molecule has 1 fully saturated rings. The first-order valence-electron chi connectivity index (χ1n) is 9.38. The normalized spacial score (nSPS) is 18.3. The molecule has 0 unspecified atom stereocenters. The maximum Gasteiger partial charge on any atom is 0.416 e. The summed E-state index contributed by atoms with van der Waals surface area (Å²) in [5, 5.41) is 8.09. The van der Waals surface area contributed by atoms with Gasteiger partial charge in [0.25, 0.3) is 0 Å². The number of para-hydroxylation sites is 1. The first-order valence-corrected chi connectivity index (χ1v) is 9.79. The van der Waals surface area contributed by atoms with E-state index in [0.29, 0.717) is 22.8 Å². The smallest absolute Gasteiger partial charge is 0.388 e. The van der Waals surface area contributed by atoms with Gasteiger partial charge in [-0.3, -0.25) is 0 Å². The fourth-order valence-corrected chi connectivity index (χ4v) is 3.94. The van der Waals surface area contributed by atoms with Crippen molar-refractivity contribution in [2.45, 2.75) is 31.0 Å². The summed E-state index contributed by atoms with van der Waals surface area (Å²) in [6.45, 7) is 1.46. The number of thiocarbonyl (C=S) groups is 1. The van der Waals surface area contributed by atoms with Crippen LogP contribution in [0.25, 0.3) is 0 Å². The molecule has 0 amide bonds. The molecule has 4 nitrogen and oxygen atoms in total.